The van der Waals surface area contributed by atoms with Gasteiger partial charge in [0.05, 0.1) is 19.6 Å². The molecule has 1 saturated heterocycles. The van der Waals surface area contributed by atoms with E-state index in [1.54, 1.807) is 9.80 Å². The van der Waals surface area contributed by atoms with E-state index in [1.807, 2.05) is 9.80 Å². The van der Waals surface area contributed by atoms with Gasteiger partial charge in [0.15, 0.2) is 6.29 Å². The Morgan fingerprint density at radius 1 is 0.679 bits per heavy atom. The molecule has 1 rings (SSSR count). The molecule has 0 atom stereocenters. The molecule has 1 heterocycles. The summed E-state index contributed by atoms with van der Waals surface area (Å²) in [4.78, 5) is 41.0. The van der Waals surface area contributed by atoms with Crippen LogP contribution >= 0.6 is 0 Å². The molecule has 0 spiro atoms. The van der Waals surface area contributed by atoms with E-state index in [9.17, 15) is 24.6 Å². The van der Waals surface area contributed by atoms with Gasteiger partial charge >= 0.3 is 11.9 Å². The second-order valence-corrected chi connectivity index (χ2v) is 7.10. The number of nitrogens with zero attached hydrogens (tertiary/aromatic N) is 4. The fraction of sp³-hybridized carbons (Fsp3) is 0.824. The smallest absolute Gasteiger partial charge is 0.317 e. The van der Waals surface area contributed by atoms with Gasteiger partial charge in [0, 0.05) is 58.9 Å². The third-order valence-electron chi connectivity index (χ3n) is 4.52. The molecule has 1 fully saturated rings. The number of carboxylic acid groups (broad SMARTS) is 2. The molecule has 0 aromatic heterocycles. The maximum Gasteiger partial charge on any atom is 0.317 e. The Kier molecular flexibility index (Phi) is 11.1. The van der Waals surface area contributed by atoms with Crippen molar-refractivity contribution in [1.82, 2.24) is 19.6 Å². The second kappa shape index (κ2) is 12.8. The number of aliphatic hydroxyl groups excluding tert-OH is 1. The molecular weight excluding hydrogens is 372 g/mol. The highest BCUT2D eigenvalue weighted by molar-refractivity contribution is 5.77. The summed E-state index contributed by atoms with van der Waals surface area (Å²) in [7, 11) is 0. The number of rotatable bonds is 8. The summed E-state index contributed by atoms with van der Waals surface area (Å²) in [5, 5.41) is 36.9. The van der Waals surface area contributed by atoms with Crippen LogP contribution in [0.2, 0.25) is 0 Å². The van der Waals surface area contributed by atoms with Crippen molar-refractivity contribution in [2.45, 2.75) is 13.2 Å². The maximum atomic E-state index is 11.5. The Morgan fingerprint density at radius 2 is 1.00 bits per heavy atom. The van der Waals surface area contributed by atoms with E-state index >= 15 is 0 Å². The van der Waals surface area contributed by atoms with Gasteiger partial charge in [-0.3, -0.25) is 34.0 Å². The van der Waals surface area contributed by atoms with Gasteiger partial charge in [0.2, 0.25) is 0 Å². The van der Waals surface area contributed by atoms with Crippen molar-refractivity contribution in [3.63, 3.8) is 0 Å². The lowest BCUT2D eigenvalue weighted by Gasteiger charge is -2.33. The largest absolute Gasteiger partial charge is 0.480 e. The molecule has 0 aromatic rings. The van der Waals surface area contributed by atoms with Crippen LogP contribution in [0.15, 0.2) is 0 Å². The fourth-order valence-corrected chi connectivity index (χ4v) is 3.16. The van der Waals surface area contributed by atoms with Crippen molar-refractivity contribution in [2.24, 2.45) is 0 Å². The van der Waals surface area contributed by atoms with Crippen molar-refractivity contribution in [1.29, 1.82) is 0 Å². The van der Waals surface area contributed by atoms with Gasteiger partial charge in [-0.1, -0.05) is 0 Å². The minimum Gasteiger partial charge on any atom is -0.480 e. The Hall–Kier alpha value is -1.63. The average Bonchev–Trinajstić information content (AvgIpc) is 2.55. The van der Waals surface area contributed by atoms with Crippen LogP contribution in [0.4, 0.5) is 0 Å². The lowest BCUT2D eigenvalue weighted by Crippen LogP contribution is -2.49. The molecule has 0 aromatic carbocycles. The summed E-state index contributed by atoms with van der Waals surface area (Å²) < 4.78 is 0. The van der Waals surface area contributed by atoms with E-state index in [2.05, 4.69) is 0 Å². The Labute approximate surface area is 164 Å². The van der Waals surface area contributed by atoms with Gasteiger partial charge in [0.1, 0.15) is 5.78 Å². The number of carboxylic acids is 2. The first-order chi connectivity index (χ1) is 13.2. The third-order valence-corrected chi connectivity index (χ3v) is 4.52. The summed E-state index contributed by atoms with van der Waals surface area (Å²) in [5.41, 5.74) is 0. The summed E-state index contributed by atoms with van der Waals surface area (Å²) in [6.45, 7) is 4.92. The molecule has 0 unspecified atom stereocenters. The van der Waals surface area contributed by atoms with Crippen LogP contribution in [0.1, 0.15) is 6.92 Å². The summed E-state index contributed by atoms with van der Waals surface area (Å²) in [6, 6.07) is 0. The number of carbonyl (C=O) groups excluding carboxylic acids is 1. The zero-order valence-corrected chi connectivity index (χ0v) is 16.4. The second-order valence-electron chi connectivity index (χ2n) is 7.10. The van der Waals surface area contributed by atoms with Crippen LogP contribution < -0.4 is 0 Å². The highest BCUT2D eigenvalue weighted by Crippen LogP contribution is 2.02. The number of hydrogen-bond acceptors (Lipinski definition) is 9. The van der Waals surface area contributed by atoms with Gasteiger partial charge in [0.25, 0.3) is 0 Å². The van der Waals surface area contributed by atoms with Gasteiger partial charge in [-0.05, 0) is 6.92 Å². The van der Waals surface area contributed by atoms with Crippen molar-refractivity contribution >= 4 is 17.7 Å². The zero-order chi connectivity index (χ0) is 21.1. The van der Waals surface area contributed by atoms with Gasteiger partial charge in [-0.2, -0.15) is 0 Å². The van der Waals surface area contributed by atoms with Crippen LogP contribution in [0, 0.1) is 0 Å². The van der Waals surface area contributed by atoms with E-state index in [-0.39, 0.29) is 32.0 Å². The zero-order valence-electron chi connectivity index (χ0n) is 16.4. The highest BCUT2D eigenvalue weighted by atomic mass is 16.5. The molecule has 0 saturated carbocycles. The first-order valence-electron chi connectivity index (χ1n) is 9.34. The lowest BCUT2D eigenvalue weighted by molar-refractivity contribution is -0.140. The van der Waals surface area contributed by atoms with E-state index in [0.717, 1.165) is 0 Å². The summed E-state index contributed by atoms with van der Waals surface area (Å²) in [6.07, 6.45) is -1.51. The first kappa shape index (κ1) is 24.4. The SMILES string of the molecule is CC(=O)CN1CCN(CC(=O)O)CCN(CC(=O)O)CCN(CC(O)O)CC1. The fourth-order valence-electron chi connectivity index (χ4n) is 3.16. The number of carbonyl (C=O) groups is 3. The third kappa shape index (κ3) is 11.3. The predicted molar refractivity (Wildman–Crippen MR) is 99.9 cm³/mol. The van der Waals surface area contributed by atoms with Crippen LogP contribution in [-0.2, 0) is 14.4 Å². The lowest BCUT2D eigenvalue weighted by atomic mass is 10.3. The van der Waals surface area contributed by atoms with Gasteiger partial charge in [-0.15, -0.1) is 0 Å². The summed E-state index contributed by atoms with van der Waals surface area (Å²) >= 11 is 0. The monoisotopic (exact) mass is 404 g/mol. The molecule has 0 bridgehead atoms. The van der Waals surface area contributed by atoms with Crippen molar-refractivity contribution < 1.29 is 34.8 Å². The molecule has 0 aliphatic carbocycles. The standard InChI is InChI=1S/C17H32N4O7/c1-14(22)10-18-2-4-19(11-15(23)24)6-8-21(13-17(27)28)9-7-20(5-3-18)12-16(25)26/h15,23-24H,2-13H2,1H3,(H,25,26)(H,27,28). The van der Waals surface area contributed by atoms with E-state index < -0.39 is 18.2 Å². The maximum absolute atomic E-state index is 11.5. The van der Waals surface area contributed by atoms with Crippen LogP contribution in [0.25, 0.3) is 0 Å². The van der Waals surface area contributed by atoms with Crippen LogP contribution in [0.5, 0.6) is 0 Å². The van der Waals surface area contributed by atoms with Crippen molar-refractivity contribution in [2.75, 3.05) is 78.5 Å². The van der Waals surface area contributed by atoms with Crippen LogP contribution in [-0.4, -0.2) is 143 Å². The molecule has 162 valence electrons. The minimum absolute atomic E-state index is 0.00162. The van der Waals surface area contributed by atoms with E-state index in [4.69, 9.17) is 10.2 Å². The Balaban J connectivity index is 2.89. The van der Waals surface area contributed by atoms with Crippen molar-refractivity contribution in [3.05, 3.63) is 0 Å². The van der Waals surface area contributed by atoms with Crippen molar-refractivity contribution in [3.8, 4) is 0 Å². The topological polar surface area (TPSA) is 145 Å². The molecule has 11 nitrogen and oxygen atoms in total. The summed E-state index contributed by atoms with van der Waals surface area (Å²) in [5.74, 6) is -1.94. The molecule has 4 N–H and O–H groups in total. The predicted octanol–water partition coefficient (Wildman–Crippen LogP) is -2.72. The molecule has 11 heteroatoms. The Morgan fingerprint density at radius 3 is 1.29 bits per heavy atom. The quantitative estimate of drug-likeness (QED) is 0.313. The number of β-amino-alcohol motifs (C(OH)–C–C–N with tert-alkyl or cyclic N) is 2. The van der Waals surface area contributed by atoms with E-state index in [1.165, 1.54) is 6.92 Å². The number of Topliss-reactive ketones (excluding diaryl/α,β-unsaturated/α-hetero) is 1. The molecular formula is C17H32N4O7. The number of ketones is 1. The van der Waals surface area contributed by atoms with Crippen LogP contribution in [0.3, 0.4) is 0 Å². The minimum atomic E-state index is -1.51. The molecule has 0 radical (unpaired) electrons. The average molecular weight is 404 g/mol. The van der Waals surface area contributed by atoms with Gasteiger partial charge < -0.3 is 20.4 Å². The molecule has 1 aliphatic heterocycles. The van der Waals surface area contributed by atoms with E-state index in [0.29, 0.717) is 52.4 Å². The molecule has 28 heavy (non-hydrogen) atoms. The Bertz CT molecular complexity index is 486. The highest BCUT2D eigenvalue weighted by Gasteiger charge is 2.20. The first-order valence-corrected chi connectivity index (χ1v) is 9.34. The molecule has 0 amide bonds. The molecule has 1 aliphatic rings. The number of aliphatic hydroxyl groups is 2. The number of hydrogen-bond donors (Lipinski definition) is 4. The normalized spacial score (nSPS) is 19.9. The number of aliphatic carboxylic acids is 2. The van der Waals surface area contributed by atoms with Gasteiger partial charge in [-0.25, -0.2) is 0 Å².